The van der Waals surface area contributed by atoms with Crippen molar-refractivity contribution in [2.45, 2.75) is 25.4 Å². The van der Waals surface area contributed by atoms with E-state index in [0.717, 1.165) is 0 Å². The number of aliphatic hydroxyl groups is 1. The molecule has 0 radical (unpaired) electrons. The summed E-state index contributed by atoms with van der Waals surface area (Å²) in [6.07, 6.45) is 0.0854. The van der Waals surface area contributed by atoms with E-state index in [1.165, 1.54) is 26.4 Å². The average Bonchev–Trinajstić information content (AvgIpc) is 2.45. The van der Waals surface area contributed by atoms with E-state index in [1.807, 2.05) is 0 Å². The minimum absolute atomic E-state index is 0.139. The Hall–Kier alpha value is -2.15. The van der Waals surface area contributed by atoms with Crippen molar-refractivity contribution in [3.63, 3.8) is 0 Å². The molecule has 1 N–H and O–H groups in total. The number of methoxy groups -OCH3 is 2. The molecular formula is C13H17NO6. The molecule has 0 heterocycles. The summed E-state index contributed by atoms with van der Waals surface area (Å²) in [4.78, 5) is 21.3. The number of hydrogen-bond acceptors (Lipinski definition) is 6. The zero-order valence-corrected chi connectivity index (χ0v) is 11.4. The van der Waals surface area contributed by atoms with E-state index in [2.05, 4.69) is 4.74 Å². The van der Waals surface area contributed by atoms with Gasteiger partial charge in [-0.15, -0.1) is 0 Å². The van der Waals surface area contributed by atoms with Crippen molar-refractivity contribution in [3.8, 4) is 5.75 Å². The van der Waals surface area contributed by atoms with Crippen LogP contribution >= 0.6 is 0 Å². The molecule has 1 aromatic carbocycles. The van der Waals surface area contributed by atoms with Gasteiger partial charge in [0.2, 0.25) is 0 Å². The highest BCUT2D eigenvalue weighted by molar-refractivity contribution is 5.69. The third kappa shape index (κ3) is 4.20. The summed E-state index contributed by atoms with van der Waals surface area (Å²) in [5, 5.41) is 20.8. The van der Waals surface area contributed by atoms with Crippen LogP contribution in [-0.2, 0) is 9.53 Å². The normalized spacial score (nSPS) is 11.8. The van der Waals surface area contributed by atoms with Crippen LogP contribution in [0.4, 0.5) is 5.69 Å². The molecule has 0 bridgehead atoms. The second kappa shape index (κ2) is 7.44. The topological polar surface area (TPSA) is 98.9 Å². The zero-order valence-electron chi connectivity index (χ0n) is 11.4. The van der Waals surface area contributed by atoms with Gasteiger partial charge in [-0.1, -0.05) is 6.07 Å². The highest BCUT2D eigenvalue weighted by Gasteiger charge is 2.18. The Labute approximate surface area is 116 Å². The maximum atomic E-state index is 10.9. The highest BCUT2D eigenvalue weighted by Crippen LogP contribution is 2.31. The number of rotatable bonds is 7. The molecule has 0 saturated carbocycles. The van der Waals surface area contributed by atoms with Crippen LogP contribution in [0.15, 0.2) is 18.2 Å². The summed E-state index contributed by atoms with van der Waals surface area (Å²) in [6, 6.07) is 4.28. The molecule has 7 heteroatoms. The SMILES string of the molecule is COC(=O)CCCC(O)c1ccc(OC)c([N+](=O)[O-])c1. The lowest BCUT2D eigenvalue weighted by atomic mass is 10.0. The van der Waals surface area contributed by atoms with Gasteiger partial charge in [-0.3, -0.25) is 14.9 Å². The summed E-state index contributed by atoms with van der Waals surface area (Å²) in [5.74, 6) is -0.210. The smallest absolute Gasteiger partial charge is 0.311 e. The average molecular weight is 283 g/mol. The summed E-state index contributed by atoms with van der Waals surface area (Å²) in [7, 11) is 2.64. The Balaban J connectivity index is 2.73. The number of aliphatic hydroxyl groups excluding tert-OH is 1. The lowest BCUT2D eigenvalue weighted by Crippen LogP contribution is -2.03. The molecule has 0 aliphatic rings. The molecule has 110 valence electrons. The molecule has 1 atom stereocenters. The largest absolute Gasteiger partial charge is 0.490 e. The van der Waals surface area contributed by atoms with Crippen LogP contribution in [0.2, 0.25) is 0 Å². The van der Waals surface area contributed by atoms with E-state index < -0.39 is 11.0 Å². The van der Waals surface area contributed by atoms with Crippen molar-refractivity contribution in [2.24, 2.45) is 0 Å². The second-order valence-corrected chi connectivity index (χ2v) is 4.17. The number of carbonyl (C=O) groups is 1. The van der Waals surface area contributed by atoms with Crippen molar-refractivity contribution in [1.29, 1.82) is 0 Å². The maximum Gasteiger partial charge on any atom is 0.311 e. The van der Waals surface area contributed by atoms with Crippen molar-refractivity contribution >= 4 is 11.7 Å². The van der Waals surface area contributed by atoms with Crippen LogP contribution in [0.25, 0.3) is 0 Å². The summed E-state index contributed by atoms with van der Waals surface area (Å²) < 4.78 is 9.38. The standard InChI is InChI=1S/C13H17NO6/c1-19-12-7-6-9(8-10(12)14(17)18)11(15)4-3-5-13(16)20-2/h6-8,11,15H,3-5H2,1-2H3. The van der Waals surface area contributed by atoms with Gasteiger partial charge in [0.05, 0.1) is 25.2 Å². The van der Waals surface area contributed by atoms with Crippen molar-refractivity contribution in [3.05, 3.63) is 33.9 Å². The second-order valence-electron chi connectivity index (χ2n) is 4.17. The van der Waals surface area contributed by atoms with Gasteiger partial charge < -0.3 is 14.6 Å². The van der Waals surface area contributed by atoms with Crippen LogP contribution in [0.3, 0.4) is 0 Å². The third-order valence-corrected chi connectivity index (χ3v) is 2.87. The van der Waals surface area contributed by atoms with E-state index in [1.54, 1.807) is 6.07 Å². The van der Waals surface area contributed by atoms with Gasteiger partial charge in [-0.05, 0) is 24.5 Å². The minimum Gasteiger partial charge on any atom is -0.490 e. The van der Waals surface area contributed by atoms with Gasteiger partial charge in [0, 0.05) is 12.5 Å². The fourth-order valence-electron chi connectivity index (χ4n) is 1.77. The molecule has 0 amide bonds. The summed E-state index contributed by atoms with van der Waals surface area (Å²) >= 11 is 0. The number of benzene rings is 1. The first kappa shape index (κ1) is 15.9. The lowest BCUT2D eigenvalue weighted by Gasteiger charge is -2.11. The number of nitrogens with zero attached hydrogens (tertiary/aromatic N) is 1. The highest BCUT2D eigenvalue weighted by atomic mass is 16.6. The van der Waals surface area contributed by atoms with E-state index >= 15 is 0 Å². The van der Waals surface area contributed by atoms with Crippen LogP contribution in [0, 0.1) is 10.1 Å². The van der Waals surface area contributed by atoms with Crippen molar-refractivity contribution in [2.75, 3.05) is 14.2 Å². The van der Waals surface area contributed by atoms with Gasteiger partial charge in [0.1, 0.15) is 0 Å². The first-order valence-corrected chi connectivity index (χ1v) is 6.06. The number of ether oxygens (including phenoxy) is 2. The summed E-state index contributed by atoms with van der Waals surface area (Å²) in [6.45, 7) is 0. The van der Waals surface area contributed by atoms with Gasteiger partial charge in [0.15, 0.2) is 5.75 Å². The Morgan fingerprint density at radius 3 is 2.70 bits per heavy atom. The Morgan fingerprint density at radius 1 is 1.45 bits per heavy atom. The predicted octanol–water partition coefficient (Wildman–Crippen LogP) is 1.98. The Bertz CT molecular complexity index is 488. The minimum atomic E-state index is -0.871. The molecular weight excluding hydrogens is 266 g/mol. The van der Waals surface area contributed by atoms with Crippen molar-refractivity contribution < 1.29 is 24.3 Å². The zero-order chi connectivity index (χ0) is 15.1. The van der Waals surface area contributed by atoms with Gasteiger partial charge in [-0.25, -0.2) is 0 Å². The molecule has 1 rings (SSSR count). The quantitative estimate of drug-likeness (QED) is 0.466. The molecule has 1 aromatic rings. The maximum absolute atomic E-state index is 10.9. The number of esters is 1. The monoisotopic (exact) mass is 283 g/mol. The molecule has 0 aliphatic carbocycles. The third-order valence-electron chi connectivity index (χ3n) is 2.87. The Kier molecular flexibility index (Phi) is 5.92. The van der Waals surface area contributed by atoms with Crippen molar-refractivity contribution in [1.82, 2.24) is 0 Å². The van der Waals surface area contributed by atoms with E-state index in [4.69, 9.17) is 4.74 Å². The molecule has 0 saturated heterocycles. The molecule has 0 aromatic heterocycles. The number of hydrogen-bond donors (Lipinski definition) is 1. The molecule has 1 unspecified atom stereocenters. The fraction of sp³-hybridized carbons (Fsp3) is 0.462. The number of nitro benzene ring substituents is 1. The predicted molar refractivity (Wildman–Crippen MR) is 70.5 cm³/mol. The molecule has 0 aliphatic heterocycles. The molecule has 0 fully saturated rings. The van der Waals surface area contributed by atoms with Crippen LogP contribution < -0.4 is 4.74 Å². The van der Waals surface area contributed by atoms with Gasteiger partial charge in [-0.2, -0.15) is 0 Å². The van der Waals surface area contributed by atoms with Crippen LogP contribution in [0.1, 0.15) is 30.9 Å². The van der Waals surface area contributed by atoms with Crippen LogP contribution in [-0.4, -0.2) is 30.2 Å². The fourth-order valence-corrected chi connectivity index (χ4v) is 1.77. The van der Waals surface area contributed by atoms with Crippen LogP contribution in [0.5, 0.6) is 5.75 Å². The first-order chi connectivity index (χ1) is 9.49. The first-order valence-electron chi connectivity index (χ1n) is 6.06. The van der Waals surface area contributed by atoms with E-state index in [-0.39, 0.29) is 23.8 Å². The van der Waals surface area contributed by atoms with E-state index in [0.29, 0.717) is 18.4 Å². The molecule has 7 nitrogen and oxygen atoms in total. The lowest BCUT2D eigenvalue weighted by molar-refractivity contribution is -0.385. The molecule has 20 heavy (non-hydrogen) atoms. The van der Waals surface area contributed by atoms with Gasteiger partial charge >= 0.3 is 11.7 Å². The summed E-state index contributed by atoms with van der Waals surface area (Å²) in [5.41, 5.74) is 0.222. The number of carbonyl (C=O) groups excluding carboxylic acids is 1. The van der Waals surface area contributed by atoms with E-state index in [9.17, 15) is 20.0 Å². The Morgan fingerprint density at radius 2 is 2.15 bits per heavy atom. The molecule has 0 spiro atoms. The van der Waals surface area contributed by atoms with Gasteiger partial charge in [0.25, 0.3) is 0 Å². The number of nitro groups is 1.